The third kappa shape index (κ3) is 1.83. The van der Waals surface area contributed by atoms with Crippen LogP contribution in [0, 0.1) is 0 Å². The first-order valence-electron chi connectivity index (χ1n) is 5.69. The molecule has 17 heavy (non-hydrogen) atoms. The maximum Gasteiger partial charge on any atom is 0.271 e. The molecule has 0 fully saturated rings. The van der Waals surface area contributed by atoms with Crippen molar-refractivity contribution in [1.29, 1.82) is 0 Å². The maximum absolute atomic E-state index is 9.43. The van der Waals surface area contributed by atoms with Crippen LogP contribution in [-0.4, -0.2) is 10.1 Å². The molecule has 1 aromatic carbocycles. The second kappa shape index (κ2) is 3.82. The number of nitrogens with zero attached hydrogens (tertiary/aromatic N) is 1. The van der Waals surface area contributed by atoms with Crippen LogP contribution >= 0.6 is 11.3 Å². The van der Waals surface area contributed by atoms with Crippen LogP contribution in [0.1, 0.15) is 22.6 Å². The molecule has 4 heteroatoms. The van der Waals surface area contributed by atoms with E-state index in [4.69, 9.17) is 5.73 Å². The van der Waals surface area contributed by atoms with Gasteiger partial charge in [0.25, 0.3) is 5.19 Å². The number of hydrogen-bond donors (Lipinski definition) is 2. The smallest absolute Gasteiger partial charge is 0.271 e. The van der Waals surface area contributed by atoms with E-state index in [0.717, 1.165) is 29.8 Å². The average molecular weight is 246 g/mol. The number of aryl methyl sites for hydroxylation is 1. The van der Waals surface area contributed by atoms with Crippen molar-refractivity contribution in [3.8, 4) is 5.19 Å². The zero-order chi connectivity index (χ0) is 11.9. The summed E-state index contributed by atoms with van der Waals surface area (Å²) < 4.78 is 0. The van der Waals surface area contributed by atoms with E-state index in [1.54, 1.807) is 0 Å². The van der Waals surface area contributed by atoms with Crippen LogP contribution in [0.5, 0.6) is 5.19 Å². The zero-order valence-corrected chi connectivity index (χ0v) is 10.2. The van der Waals surface area contributed by atoms with Crippen LogP contribution in [0.25, 0.3) is 0 Å². The molecular weight excluding hydrogens is 232 g/mol. The van der Waals surface area contributed by atoms with Gasteiger partial charge in [-0.15, -0.1) is 0 Å². The van der Waals surface area contributed by atoms with E-state index in [2.05, 4.69) is 17.1 Å². The standard InChI is InChI=1S/C13H14N2OS/c14-13(9-4-2-1-3-5-9)7-6-10-11(8-13)17-12(16)15-10/h1-5H,6-8,14H2,(H,15,16)/t13-/m0/s1. The molecule has 2 aromatic rings. The first-order chi connectivity index (χ1) is 8.17. The molecule has 0 aliphatic heterocycles. The van der Waals surface area contributed by atoms with Gasteiger partial charge < -0.3 is 10.8 Å². The topological polar surface area (TPSA) is 59.1 Å². The van der Waals surface area contributed by atoms with Gasteiger partial charge in [-0.05, 0) is 18.4 Å². The minimum absolute atomic E-state index is 0.160. The van der Waals surface area contributed by atoms with Gasteiger partial charge in [-0.25, -0.2) is 4.98 Å². The van der Waals surface area contributed by atoms with Crippen molar-refractivity contribution in [2.45, 2.75) is 24.8 Å². The lowest BCUT2D eigenvalue weighted by Gasteiger charge is -2.33. The van der Waals surface area contributed by atoms with E-state index in [0.29, 0.717) is 0 Å². The predicted molar refractivity (Wildman–Crippen MR) is 68.1 cm³/mol. The van der Waals surface area contributed by atoms with Gasteiger partial charge in [0.1, 0.15) is 0 Å². The fourth-order valence-electron chi connectivity index (χ4n) is 2.44. The molecule has 3 rings (SSSR count). The van der Waals surface area contributed by atoms with Gasteiger partial charge in [0.2, 0.25) is 0 Å². The molecule has 0 amide bonds. The predicted octanol–water partition coefficient (Wildman–Crippen LogP) is 2.19. The van der Waals surface area contributed by atoms with Gasteiger partial charge in [-0.1, -0.05) is 41.7 Å². The SMILES string of the molecule is N[C@@]1(c2ccccc2)CCc2nc(O)sc2C1. The summed E-state index contributed by atoms with van der Waals surface area (Å²) in [6, 6.07) is 10.2. The molecule has 1 heterocycles. The van der Waals surface area contributed by atoms with Crippen molar-refractivity contribution in [2.75, 3.05) is 0 Å². The second-order valence-corrected chi connectivity index (χ2v) is 5.63. The van der Waals surface area contributed by atoms with Gasteiger partial charge in [-0.3, -0.25) is 0 Å². The number of rotatable bonds is 1. The fraction of sp³-hybridized carbons (Fsp3) is 0.308. The van der Waals surface area contributed by atoms with E-state index in [-0.39, 0.29) is 10.7 Å². The number of thiazole rings is 1. The number of hydrogen-bond acceptors (Lipinski definition) is 4. The molecule has 0 saturated heterocycles. The highest BCUT2D eigenvalue weighted by atomic mass is 32.1. The van der Waals surface area contributed by atoms with Gasteiger partial charge in [0.05, 0.1) is 5.69 Å². The summed E-state index contributed by atoms with van der Waals surface area (Å²) in [7, 11) is 0. The van der Waals surface area contributed by atoms with E-state index < -0.39 is 0 Å². The number of fused-ring (bicyclic) bond motifs is 1. The molecule has 0 unspecified atom stereocenters. The Morgan fingerprint density at radius 1 is 1.29 bits per heavy atom. The molecule has 1 aromatic heterocycles. The first-order valence-corrected chi connectivity index (χ1v) is 6.51. The van der Waals surface area contributed by atoms with Crippen molar-refractivity contribution in [3.05, 3.63) is 46.5 Å². The Kier molecular flexibility index (Phi) is 2.42. The summed E-state index contributed by atoms with van der Waals surface area (Å²) in [5, 5.41) is 9.59. The maximum atomic E-state index is 9.43. The van der Waals surface area contributed by atoms with Crippen LogP contribution < -0.4 is 5.73 Å². The summed E-state index contributed by atoms with van der Waals surface area (Å²) in [4.78, 5) is 5.25. The fourth-order valence-corrected chi connectivity index (χ4v) is 3.41. The molecule has 3 N–H and O–H groups in total. The van der Waals surface area contributed by atoms with E-state index in [1.807, 2.05) is 18.2 Å². The zero-order valence-electron chi connectivity index (χ0n) is 9.39. The van der Waals surface area contributed by atoms with Gasteiger partial charge >= 0.3 is 0 Å². The molecule has 0 radical (unpaired) electrons. The van der Waals surface area contributed by atoms with Crippen molar-refractivity contribution in [3.63, 3.8) is 0 Å². The minimum atomic E-state index is -0.312. The second-order valence-electron chi connectivity index (χ2n) is 4.57. The van der Waals surface area contributed by atoms with E-state index in [9.17, 15) is 5.11 Å². The Balaban J connectivity index is 1.97. The number of benzene rings is 1. The summed E-state index contributed by atoms with van der Waals surface area (Å²) in [6.07, 6.45) is 2.50. The lowest BCUT2D eigenvalue weighted by Crippen LogP contribution is -2.41. The molecule has 0 saturated carbocycles. The Bertz CT molecular complexity index is 538. The lowest BCUT2D eigenvalue weighted by molar-refractivity contribution is 0.385. The third-order valence-corrected chi connectivity index (χ3v) is 4.30. The molecule has 0 bridgehead atoms. The Hall–Kier alpha value is -1.39. The highest BCUT2D eigenvalue weighted by molar-refractivity contribution is 7.13. The van der Waals surface area contributed by atoms with Crippen LogP contribution in [-0.2, 0) is 18.4 Å². The number of aromatic hydroxyl groups is 1. The highest BCUT2D eigenvalue weighted by Crippen LogP contribution is 2.38. The molecule has 0 spiro atoms. The van der Waals surface area contributed by atoms with Crippen LogP contribution in [0.3, 0.4) is 0 Å². The largest absolute Gasteiger partial charge is 0.486 e. The molecular formula is C13H14N2OS. The molecule has 1 aliphatic rings. The average Bonchev–Trinajstić information content (AvgIpc) is 2.69. The Labute approximate surface area is 104 Å². The summed E-state index contributed by atoms with van der Waals surface area (Å²) in [5.41, 5.74) is 8.37. The van der Waals surface area contributed by atoms with Crippen molar-refractivity contribution < 1.29 is 5.11 Å². The highest BCUT2D eigenvalue weighted by Gasteiger charge is 2.34. The van der Waals surface area contributed by atoms with Crippen molar-refractivity contribution in [2.24, 2.45) is 5.73 Å². The number of nitrogens with two attached hydrogens (primary N) is 1. The van der Waals surface area contributed by atoms with E-state index >= 15 is 0 Å². The Morgan fingerprint density at radius 3 is 2.82 bits per heavy atom. The Morgan fingerprint density at radius 2 is 2.06 bits per heavy atom. The van der Waals surface area contributed by atoms with Crippen LogP contribution in [0.2, 0.25) is 0 Å². The quantitative estimate of drug-likeness (QED) is 0.811. The minimum Gasteiger partial charge on any atom is -0.486 e. The monoisotopic (exact) mass is 246 g/mol. The summed E-state index contributed by atoms with van der Waals surface area (Å²) in [5.74, 6) is 0. The van der Waals surface area contributed by atoms with Crippen molar-refractivity contribution >= 4 is 11.3 Å². The molecule has 3 nitrogen and oxygen atoms in total. The summed E-state index contributed by atoms with van der Waals surface area (Å²) >= 11 is 1.35. The lowest BCUT2D eigenvalue weighted by atomic mass is 9.79. The van der Waals surface area contributed by atoms with Crippen molar-refractivity contribution in [1.82, 2.24) is 4.98 Å². The van der Waals surface area contributed by atoms with Gasteiger partial charge in [-0.2, -0.15) is 0 Å². The normalized spacial score (nSPS) is 23.4. The van der Waals surface area contributed by atoms with E-state index in [1.165, 1.54) is 16.9 Å². The third-order valence-electron chi connectivity index (χ3n) is 3.40. The molecule has 1 aliphatic carbocycles. The first kappa shape index (κ1) is 10.7. The summed E-state index contributed by atoms with van der Waals surface area (Å²) in [6.45, 7) is 0. The van der Waals surface area contributed by atoms with Gasteiger partial charge in [0.15, 0.2) is 0 Å². The molecule has 88 valence electrons. The number of aromatic nitrogens is 1. The molecule has 1 atom stereocenters. The van der Waals surface area contributed by atoms with Crippen LogP contribution in [0.15, 0.2) is 30.3 Å². The van der Waals surface area contributed by atoms with Gasteiger partial charge in [0, 0.05) is 16.8 Å². The van der Waals surface area contributed by atoms with Crippen LogP contribution in [0.4, 0.5) is 0 Å².